The lowest BCUT2D eigenvalue weighted by atomic mass is 10.2. The molecule has 0 radical (unpaired) electrons. The van der Waals surface area contributed by atoms with Crippen LogP contribution in [0.4, 0.5) is 11.4 Å². The van der Waals surface area contributed by atoms with Crippen LogP contribution in [0.25, 0.3) is 0 Å². The molecule has 2 fully saturated rings. The van der Waals surface area contributed by atoms with Crippen LogP contribution in [0.15, 0.2) is 18.2 Å². The lowest BCUT2D eigenvalue weighted by Gasteiger charge is -2.37. The highest BCUT2D eigenvalue weighted by Gasteiger charge is 2.27. The Kier molecular flexibility index (Phi) is 4.24. The molecule has 4 heteroatoms. The highest BCUT2D eigenvalue weighted by Crippen LogP contribution is 2.34. The highest BCUT2D eigenvalue weighted by atomic mass is 16.5. The normalized spacial score (nSPS) is 20.0. The molecule has 1 aromatic rings. The Bertz CT molecular complexity index is 477. The molecule has 0 bridgehead atoms. The Morgan fingerprint density at radius 3 is 2.52 bits per heavy atom. The maximum absolute atomic E-state index is 6.31. The smallest absolute Gasteiger partial charge is 0.144 e. The number of anilines is 2. The van der Waals surface area contributed by atoms with Gasteiger partial charge < -0.3 is 15.4 Å². The van der Waals surface area contributed by atoms with Crippen molar-refractivity contribution >= 4 is 11.4 Å². The van der Waals surface area contributed by atoms with E-state index in [9.17, 15) is 0 Å². The van der Waals surface area contributed by atoms with Crippen LogP contribution in [0.1, 0.15) is 26.7 Å². The number of hydrogen-bond acceptors (Lipinski definition) is 4. The molecule has 0 spiro atoms. The van der Waals surface area contributed by atoms with Gasteiger partial charge in [-0.3, -0.25) is 4.90 Å². The van der Waals surface area contributed by atoms with Crippen LogP contribution in [-0.2, 0) is 0 Å². The minimum absolute atomic E-state index is 0.151. The first-order valence-corrected chi connectivity index (χ1v) is 8.16. The molecular weight excluding hydrogens is 262 g/mol. The van der Waals surface area contributed by atoms with E-state index < -0.39 is 0 Å². The number of nitrogens with two attached hydrogens (primary N) is 1. The highest BCUT2D eigenvalue weighted by molar-refractivity contribution is 5.74. The maximum Gasteiger partial charge on any atom is 0.144 e. The summed E-state index contributed by atoms with van der Waals surface area (Å²) in [5.41, 5.74) is 8.21. The number of hydrogen-bond donors (Lipinski definition) is 1. The van der Waals surface area contributed by atoms with Crippen molar-refractivity contribution in [3.05, 3.63) is 18.2 Å². The Morgan fingerprint density at radius 2 is 1.90 bits per heavy atom. The molecule has 1 saturated heterocycles. The van der Waals surface area contributed by atoms with E-state index >= 15 is 0 Å². The maximum atomic E-state index is 6.31. The molecule has 1 heterocycles. The minimum Gasteiger partial charge on any atom is -0.489 e. The van der Waals surface area contributed by atoms with Gasteiger partial charge in [-0.25, -0.2) is 0 Å². The van der Waals surface area contributed by atoms with Crippen molar-refractivity contribution in [1.29, 1.82) is 0 Å². The van der Waals surface area contributed by atoms with E-state index in [1.807, 2.05) is 26.0 Å². The third-order valence-corrected chi connectivity index (χ3v) is 4.33. The lowest BCUT2D eigenvalue weighted by Crippen LogP contribution is -2.47. The topological polar surface area (TPSA) is 41.7 Å². The van der Waals surface area contributed by atoms with Crippen molar-refractivity contribution in [2.24, 2.45) is 5.92 Å². The number of ether oxygens (including phenoxy) is 1. The van der Waals surface area contributed by atoms with Gasteiger partial charge in [0.2, 0.25) is 0 Å². The van der Waals surface area contributed by atoms with Gasteiger partial charge in [0.15, 0.2) is 0 Å². The van der Waals surface area contributed by atoms with E-state index in [1.165, 1.54) is 19.4 Å². The van der Waals surface area contributed by atoms with Gasteiger partial charge in [0.25, 0.3) is 0 Å². The largest absolute Gasteiger partial charge is 0.489 e. The van der Waals surface area contributed by atoms with Crippen molar-refractivity contribution in [3.8, 4) is 5.75 Å². The molecule has 1 aromatic carbocycles. The molecule has 0 unspecified atom stereocenters. The van der Waals surface area contributed by atoms with Crippen LogP contribution < -0.4 is 15.4 Å². The standard InChI is InChI=1S/C17H27N3O/c1-13(2)21-16-5-3-4-15(17(16)18)20-10-8-19(9-11-20)12-14-6-7-14/h3-5,13-14H,6-12,18H2,1-2H3. The van der Waals surface area contributed by atoms with Gasteiger partial charge >= 0.3 is 0 Å². The van der Waals surface area contributed by atoms with Crippen LogP contribution in [0.5, 0.6) is 5.75 Å². The second kappa shape index (κ2) is 6.14. The van der Waals surface area contributed by atoms with Crippen LogP contribution in [0, 0.1) is 5.92 Å². The van der Waals surface area contributed by atoms with Crippen molar-refractivity contribution in [1.82, 2.24) is 4.90 Å². The van der Waals surface area contributed by atoms with Gasteiger partial charge in [0, 0.05) is 32.7 Å². The molecular formula is C17H27N3O. The first kappa shape index (κ1) is 14.5. The van der Waals surface area contributed by atoms with E-state index in [2.05, 4.69) is 15.9 Å². The average molecular weight is 289 g/mol. The molecule has 2 N–H and O–H groups in total. The van der Waals surface area contributed by atoms with Crippen LogP contribution in [-0.4, -0.2) is 43.7 Å². The van der Waals surface area contributed by atoms with Crippen LogP contribution >= 0.6 is 0 Å². The summed E-state index contributed by atoms with van der Waals surface area (Å²) >= 11 is 0. The SMILES string of the molecule is CC(C)Oc1cccc(N2CCN(CC3CC3)CC2)c1N. The Balaban J connectivity index is 1.64. The molecule has 0 amide bonds. The Hall–Kier alpha value is -1.42. The molecule has 2 aliphatic rings. The summed E-state index contributed by atoms with van der Waals surface area (Å²) in [6.45, 7) is 9.76. The van der Waals surface area contributed by atoms with Crippen molar-refractivity contribution < 1.29 is 4.74 Å². The monoisotopic (exact) mass is 289 g/mol. The summed E-state index contributed by atoms with van der Waals surface area (Å²) in [6, 6.07) is 6.11. The van der Waals surface area contributed by atoms with Gasteiger partial charge in [-0.2, -0.15) is 0 Å². The summed E-state index contributed by atoms with van der Waals surface area (Å²) < 4.78 is 5.80. The van der Waals surface area contributed by atoms with Gasteiger partial charge in [-0.05, 0) is 44.7 Å². The fourth-order valence-corrected chi connectivity index (χ4v) is 3.00. The fourth-order valence-electron chi connectivity index (χ4n) is 3.00. The number of benzene rings is 1. The molecule has 3 rings (SSSR count). The first-order valence-electron chi connectivity index (χ1n) is 8.16. The predicted molar refractivity (Wildman–Crippen MR) is 88.0 cm³/mol. The third-order valence-electron chi connectivity index (χ3n) is 4.33. The second-order valence-electron chi connectivity index (χ2n) is 6.59. The summed E-state index contributed by atoms with van der Waals surface area (Å²) in [5.74, 6) is 1.78. The Morgan fingerprint density at radius 1 is 1.19 bits per heavy atom. The van der Waals surface area contributed by atoms with Crippen LogP contribution in [0.3, 0.4) is 0 Å². The van der Waals surface area contributed by atoms with Crippen molar-refractivity contribution in [2.75, 3.05) is 43.4 Å². The fraction of sp³-hybridized carbons (Fsp3) is 0.647. The van der Waals surface area contributed by atoms with Crippen molar-refractivity contribution in [3.63, 3.8) is 0 Å². The molecule has 1 aliphatic carbocycles. The molecule has 21 heavy (non-hydrogen) atoms. The first-order chi connectivity index (χ1) is 10.1. The average Bonchev–Trinajstić information content (AvgIpc) is 3.26. The lowest BCUT2D eigenvalue weighted by molar-refractivity contribution is 0.242. The summed E-state index contributed by atoms with van der Waals surface area (Å²) in [7, 11) is 0. The van der Waals surface area contributed by atoms with E-state index in [1.54, 1.807) is 0 Å². The predicted octanol–water partition coefficient (Wildman–Crippen LogP) is 2.59. The number of nitrogen functional groups attached to an aromatic ring is 1. The summed E-state index contributed by atoms with van der Waals surface area (Å²) in [5, 5.41) is 0. The van der Waals surface area contributed by atoms with Gasteiger partial charge in [0.1, 0.15) is 5.75 Å². The Labute approximate surface area is 127 Å². The second-order valence-corrected chi connectivity index (χ2v) is 6.59. The molecule has 0 aromatic heterocycles. The van der Waals surface area contributed by atoms with Gasteiger partial charge in [0.05, 0.1) is 17.5 Å². The quantitative estimate of drug-likeness (QED) is 0.846. The number of para-hydroxylation sites is 1. The summed E-state index contributed by atoms with van der Waals surface area (Å²) in [6.07, 6.45) is 3.02. The van der Waals surface area contributed by atoms with E-state index in [-0.39, 0.29) is 6.10 Å². The molecule has 1 aliphatic heterocycles. The number of rotatable bonds is 5. The van der Waals surface area contributed by atoms with Crippen LogP contribution in [0.2, 0.25) is 0 Å². The molecule has 0 atom stereocenters. The number of piperazine rings is 1. The van der Waals surface area contributed by atoms with E-state index in [0.29, 0.717) is 0 Å². The zero-order chi connectivity index (χ0) is 14.8. The minimum atomic E-state index is 0.151. The van der Waals surface area contributed by atoms with Crippen molar-refractivity contribution in [2.45, 2.75) is 32.8 Å². The van der Waals surface area contributed by atoms with Gasteiger partial charge in [-0.15, -0.1) is 0 Å². The van der Waals surface area contributed by atoms with E-state index in [0.717, 1.165) is 49.2 Å². The summed E-state index contributed by atoms with van der Waals surface area (Å²) in [4.78, 5) is 4.99. The number of nitrogens with zero attached hydrogens (tertiary/aromatic N) is 2. The van der Waals surface area contributed by atoms with Gasteiger partial charge in [-0.1, -0.05) is 6.07 Å². The van der Waals surface area contributed by atoms with E-state index in [4.69, 9.17) is 10.5 Å². The molecule has 116 valence electrons. The molecule has 4 nitrogen and oxygen atoms in total. The zero-order valence-electron chi connectivity index (χ0n) is 13.2. The zero-order valence-corrected chi connectivity index (χ0v) is 13.2. The third kappa shape index (κ3) is 3.62. The molecule has 1 saturated carbocycles.